The maximum absolute atomic E-state index is 12.8. The lowest BCUT2D eigenvalue weighted by Crippen LogP contribution is -2.41. The standard InChI is InChI=1S/C18H27N3O4S.ClH/c1-26(23,24)21-11-5-14-13-15(3-4-17(14)21)18(22)20-9-6-16(7-10-20)25-12-2-8-19;/h3-4,13,16H,2,5-12,19H2,1H3;1H. The highest BCUT2D eigenvalue weighted by atomic mass is 35.5. The van der Waals surface area contributed by atoms with Crippen LogP contribution in [0, 0.1) is 0 Å². The molecule has 27 heavy (non-hydrogen) atoms. The van der Waals surface area contributed by atoms with E-state index in [1.54, 1.807) is 12.1 Å². The Morgan fingerprint density at radius 2 is 1.96 bits per heavy atom. The van der Waals surface area contributed by atoms with Crippen LogP contribution in [-0.2, 0) is 21.2 Å². The van der Waals surface area contributed by atoms with Crippen LogP contribution in [0.5, 0.6) is 0 Å². The molecule has 7 nitrogen and oxygen atoms in total. The molecule has 2 heterocycles. The van der Waals surface area contributed by atoms with E-state index in [1.165, 1.54) is 10.6 Å². The van der Waals surface area contributed by atoms with E-state index in [2.05, 4.69) is 0 Å². The Morgan fingerprint density at radius 3 is 2.59 bits per heavy atom. The van der Waals surface area contributed by atoms with Crippen molar-refractivity contribution in [3.8, 4) is 0 Å². The first-order chi connectivity index (χ1) is 12.4. The molecule has 1 amide bonds. The molecule has 0 radical (unpaired) electrons. The minimum absolute atomic E-state index is 0. The van der Waals surface area contributed by atoms with E-state index in [1.807, 2.05) is 11.0 Å². The second kappa shape index (κ2) is 9.23. The number of ether oxygens (including phenoxy) is 1. The van der Waals surface area contributed by atoms with Crippen LogP contribution in [0.4, 0.5) is 5.69 Å². The normalized spacial score (nSPS) is 17.6. The maximum Gasteiger partial charge on any atom is 0.253 e. The average molecular weight is 418 g/mol. The number of benzene rings is 1. The van der Waals surface area contributed by atoms with Gasteiger partial charge in [0, 0.05) is 31.8 Å². The first kappa shape index (κ1) is 21.9. The molecular weight excluding hydrogens is 390 g/mol. The summed E-state index contributed by atoms with van der Waals surface area (Å²) in [5, 5.41) is 0. The van der Waals surface area contributed by atoms with Crippen molar-refractivity contribution in [1.82, 2.24) is 4.90 Å². The third-order valence-corrected chi connectivity index (χ3v) is 6.19. The summed E-state index contributed by atoms with van der Waals surface area (Å²) in [6, 6.07) is 5.32. The summed E-state index contributed by atoms with van der Waals surface area (Å²) in [5.74, 6) is 0.00557. The molecule has 0 bridgehead atoms. The zero-order valence-corrected chi connectivity index (χ0v) is 17.2. The van der Waals surface area contributed by atoms with Gasteiger partial charge in [-0.25, -0.2) is 8.42 Å². The van der Waals surface area contributed by atoms with Crippen molar-refractivity contribution in [2.24, 2.45) is 5.73 Å². The number of halogens is 1. The molecule has 1 fully saturated rings. The lowest BCUT2D eigenvalue weighted by Gasteiger charge is -2.32. The van der Waals surface area contributed by atoms with Crippen LogP contribution >= 0.6 is 12.4 Å². The van der Waals surface area contributed by atoms with Crippen LogP contribution in [0.15, 0.2) is 18.2 Å². The number of piperidine rings is 1. The molecule has 152 valence electrons. The lowest BCUT2D eigenvalue weighted by molar-refractivity contribution is 0.00844. The van der Waals surface area contributed by atoms with Crippen LogP contribution < -0.4 is 10.0 Å². The highest BCUT2D eigenvalue weighted by Crippen LogP contribution is 2.31. The number of fused-ring (bicyclic) bond motifs is 1. The Bertz CT molecular complexity index is 764. The monoisotopic (exact) mass is 417 g/mol. The minimum Gasteiger partial charge on any atom is -0.378 e. The quantitative estimate of drug-likeness (QED) is 0.706. The largest absolute Gasteiger partial charge is 0.378 e. The number of amides is 1. The molecule has 0 aromatic heterocycles. The molecule has 2 aliphatic heterocycles. The fourth-order valence-electron chi connectivity index (χ4n) is 3.59. The number of hydrogen-bond acceptors (Lipinski definition) is 5. The predicted octanol–water partition coefficient (Wildman–Crippen LogP) is 1.40. The first-order valence-electron chi connectivity index (χ1n) is 9.11. The van der Waals surface area contributed by atoms with E-state index in [0.29, 0.717) is 50.5 Å². The number of nitrogens with two attached hydrogens (primary N) is 1. The van der Waals surface area contributed by atoms with Crippen molar-refractivity contribution in [1.29, 1.82) is 0 Å². The number of sulfonamides is 1. The van der Waals surface area contributed by atoms with Gasteiger partial charge in [0.2, 0.25) is 10.0 Å². The van der Waals surface area contributed by atoms with E-state index in [0.717, 1.165) is 24.8 Å². The van der Waals surface area contributed by atoms with Crippen LogP contribution in [0.2, 0.25) is 0 Å². The summed E-state index contributed by atoms with van der Waals surface area (Å²) in [7, 11) is -3.27. The highest BCUT2D eigenvalue weighted by Gasteiger charge is 2.28. The molecule has 0 aliphatic carbocycles. The molecule has 1 aromatic rings. The Morgan fingerprint density at radius 1 is 1.26 bits per heavy atom. The number of hydrogen-bond donors (Lipinski definition) is 1. The fraction of sp³-hybridized carbons (Fsp3) is 0.611. The fourth-order valence-corrected chi connectivity index (χ4v) is 4.55. The van der Waals surface area contributed by atoms with Gasteiger partial charge in [0.1, 0.15) is 0 Å². The van der Waals surface area contributed by atoms with Crippen molar-refractivity contribution >= 4 is 34.0 Å². The molecule has 0 atom stereocenters. The van der Waals surface area contributed by atoms with Crippen LogP contribution in [-0.4, -0.2) is 64.4 Å². The van der Waals surface area contributed by atoms with Gasteiger partial charge < -0.3 is 15.4 Å². The van der Waals surface area contributed by atoms with Crippen molar-refractivity contribution in [3.63, 3.8) is 0 Å². The third kappa shape index (κ3) is 5.13. The molecular formula is C18H28ClN3O4S. The predicted molar refractivity (Wildman–Crippen MR) is 108 cm³/mol. The zero-order valence-electron chi connectivity index (χ0n) is 15.6. The summed E-state index contributed by atoms with van der Waals surface area (Å²) in [6.07, 6.45) is 4.58. The van der Waals surface area contributed by atoms with Gasteiger partial charge in [-0.15, -0.1) is 12.4 Å². The Labute approximate surface area is 167 Å². The van der Waals surface area contributed by atoms with E-state index in [-0.39, 0.29) is 24.4 Å². The second-order valence-corrected chi connectivity index (χ2v) is 8.84. The maximum atomic E-state index is 12.8. The van der Waals surface area contributed by atoms with Crippen LogP contribution in [0.25, 0.3) is 0 Å². The van der Waals surface area contributed by atoms with Gasteiger partial charge in [0.05, 0.1) is 18.0 Å². The first-order valence-corrected chi connectivity index (χ1v) is 11.0. The number of nitrogens with zero attached hydrogens (tertiary/aromatic N) is 2. The average Bonchev–Trinajstić information content (AvgIpc) is 3.05. The molecule has 2 aliphatic rings. The molecule has 1 aromatic carbocycles. The van der Waals surface area contributed by atoms with E-state index in [9.17, 15) is 13.2 Å². The molecule has 0 spiro atoms. The highest BCUT2D eigenvalue weighted by molar-refractivity contribution is 7.92. The van der Waals surface area contributed by atoms with Gasteiger partial charge in [-0.2, -0.15) is 0 Å². The molecule has 0 saturated carbocycles. The number of anilines is 1. The topological polar surface area (TPSA) is 92.9 Å². The van der Waals surface area contributed by atoms with Crippen LogP contribution in [0.1, 0.15) is 35.2 Å². The molecule has 1 saturated heterocycles. The van der Waals surface area contributed by atoms with Gasteiger partial charge >= 0.3 is 0 Å². The lowest BCUT2D eigenvalue weighted by atomic mass is 10.0. The molecule has 9 heteroatoms. The number of likely N-dealkylation sites (tertiary alicyclic amines) is 1. The number of carbonyl (C=O) groups is 1. The Hall–Kier alpha value is -1.35. The van der Waals surface area contributed by atoms with Gasteiger partial charge in [-0.1, -0.05) is 0 Å². The zero-order chi connectivity index (χ0) is 18.7. The number of rotatable bonds is 6. The second-order valence-electron chi connectivity index (χ2n) is 6.93. The minimum atomic E-state index is -3.27. The molecule has 2 N–H and O–H groups in total. The van der Waals surface area contributed by atoms with Crippen molar-refractivity contribution in [3.05, 3.63) is 29.3 Å². The van der Waals surface area contributed by atoms with Crippen LogP contribution in [0.3, 0.4) is 0 Å². The van der Waals surface area contributed by atoms with Gasteiger partial charge in [-0.3, -0.25) is 9.10 Å². The summed E-state index contributed by atoms with van der Waals surface area (Å²) in [5.41, 5.74) is 7.71. The Balaban J connectivity index is 0.00000261. The number of carbonyl (C=O) groups excluding carboxylic acids is 1. The van der Waals surface area contributed by atoms with E-state index >= 15 is 0 Å². The van der Waals surface area contributed by atoms with Crippen molar-refractivity contribution < 1.29 is 17.9 Å². The van der Waals surface area contributed by atoms with Gasteiger partial charge in [0.15, 0.2) is 0 Å². The van der Waals surface area contributed by atoms with Crippen molar-refractivity contribution in [2.45, 2.75) is 31.8 Å². The van der Waals surface area contributed by atoms with E-state index in [4.69, 9.17) is 10.5 Å². The smallest absolute Gasteiger partial charge is 0.253 e. The molecule has 3 rings (SSSR count). The van der Waals surface area contributed by atoms with Gasteiger partial charge in [-0.05, 0) is 56.0 Å². The summed E-state index contributed by atoms with van der Waals surface area (Å²) in [6.45, 7) is 3.11. The summed E-state index contributed by atoms with van der Waals surface area (Å²) in [4.78, 5) is 14.6. The SMILES string of the molecule is CS(=O)(=O)N1CCc2cc(C(=O)N3CCC(OCCCN)CC3)ccc21.Cl. The summed E-state index contributed by atoms with van der Waals surface area (Å²) < 4.78 is 30.8. The van der Waals surface area contributed by atoms with Crippen molar-refractivity contribution in [2.75, 3.05) is 43.3 Å². The van der Waals surface area contributed by atoms with E-state index < -0.39 is 10.0 Å². The molecule has 0 unspecified atom stereocenters. The summed E-state index contributed by atoms with van der Waals surface area (Å²) >= 11 is 0. The Kier molecular flexibility index (Phi) is 7.50. The third-order valence-electron chi connectivity index (χ3n) is 5.01. The van der Waals surface area contributed by atoms with Gasteiger partial charge in [0.25, 0.3) is 5.91 Å².